The molecule has 1 saturated carbocycles. The highest BCUT2D eigenvalue weighted by molar-refractivity contribution is 5.83. The molecule has 1 aromatic carbocycles. The van der Waals surface area contributed by atoms with Gasteiger partial charge in [-0.15, -0.1) is 0 Å². The highest BCUT2D eigenvalue weighted by Crippen LogP contribution is 2.32. The van der Waals surface area contributed by atoms with E-state index in [0.29, 0.717) is 6.54 Å². The monoisotopic (exact) mass is 326 g/mol. The number of amides is 2. The molecule has 1 heterocycles. The zero-order valence-electron chi connectivity index (χ0n) is 12.4. The Labute approximate surface area is 131 Å². The molecule has 1 N–H and O–H groups in total. The van der Waals surface area contributed by atoms with Crippen molar-refractivity contribution in [3.05, 3.63) is 35.4 Å². The van der Waals surface area contributed by atoms with E-state index in [4.69, 9.17) is 0 Å². The topological polar surface area (TPSA) is 49.4 Å². The molecule has 1 atom stereocenters. The number of halogens is 3. The van der Waals surface area contributed by atoms with Crippen molar-refractivity contribution in [3.63, 3.8) is 0 Å². The number of nitrogens with zero attached hydrogens (tertiary/aromatic N) is 1. The third-order valence-electron chi connectivity index (χ3n) is 4.18. The molecule has 1 unspecified atom stereocenters. The maximum atomic E-state index is 12.9. The second-order valence-electron chi connectivity index (χ2n) is 6.08. The average Bonchev–Trinajstić information content (AvgIpc) is 3.23. The lowest BCUT2D eigenvalue weighted by molar-refractivity contribution is -0.138. The Bertz CT molecular complexity index is 626. The van der Waals surface area contributed by atoms with Gasteiger partial charge in [0.1, 0.15) is 0 Å². The molecule has 0 spiro atoms. The molecule has 0 bridgehead atoms. The fraction of sp³-hybridized carbons (Fsp3) is 0.500. The summed E-state index contributed by atoms with van der Waals surface area (Å²) in [5.74, 6) is -0.481. The molecule has 1 saturated heterocycles. The Morgan fingerprint density at radius 3 is 2.61 bits per heavy atom. The molecule has 4 nitrogen and oxygen atoms in total. The first-order chi connectivity index (χ1) is 10.8. The van der Waals surface area contributed by atoms with E-state index < -0.39 is 17.6 Å². The molecule has 23 heavy (non-hydrogen) atoms. The second-order valence-corrected chi connectivity index (χ2v) is 6.08. The van der Waals surface area contributed by atoms with Gasteiger partial charge in [-0.05, 0) is 24.5 Å². The van der Waals surface area contributed by atoms with Gasteiger partial charge >= 0.3 is 6.18 Å². The van der Waals surface area contributed by atoms with Crippen LogP contribution in [-0.4, -0.2) is 35.3 Å². The highest BCUT2D eigenvalue weighted by atomic mass is 19.4. The maximum Gasteiger partial charge on any atom is 0.416 e. The van der Waals surface area contributed by atoms with E-state index in [1.807, 2.05) is 0 Å². The lowest BCUT2D eigenvalue weighted by Crippen LogP contribution is -2.38. The molecule has 1 aliphatic heterocycles. The Kier molecular flexibility index (Phi) is 4.04. The zero-order valence-corrected chi connectivity index (χ0v) is 12.4. The van der Waals surface area contributed by atoms with Crippen molar-refractivity contribution in [2.24, 2.45) is 0 Å². The summed E-state index contributed by atoms with van der Waals surface area (Å²) in [7, 11) is 0. The lowest BCUT2D eigenvalue weighted by Gasteiger charge is -2.17. The van der Waals surface area contributed by atoms with Crippen LogP contribution in [0, 0.1) is 0 Å². The van der Waals surface area contributed by atoms with Gasteiger partial charge in [0.15, 0.2) is 0 Å². The van der Waals surface area contributed by atoms with E-state index in [0.717, 1.165) is 18.9 Å². The van der Waals surface area contributed by atoms with Crippen LogP contribution in [0.4, 0.5) is 13.2 Å². The van der Waals surface area contributed by atoms with Crippen molar-refractivity contribution in [1.29, 1.82) is 0 Å². The number of rotatable bonds is 4. The minimum atomic E-state index is -4.48. The van der Waals surface area contributed by atoms with Gasteiger partial charge in [0.25, 0.3) is 0 Å². The van der Waals surface area contributed by atoms with Gasteiger partial charge in [0.2, 0.25) is 11.8 Å². The van der Waals surface area contributed by atoms with Gasteiger partial charge in [-0.3, -0.25) is 9.59 Å². The molecular formula is C16H17F3N2O2. The minimum absolute atomic E-state index is 0.00786. The molecular weight excluding hydrogens is 309 g/mol. The summed E-state index contributed by atoms with van der Waals surface area (Å²) in [5, 5.41) is 2.68. The first-order valence-electron chi connectivity index (χ1n) is 7.58. The van der Waals surface area contributed by atoms with Crippen LogP contribution in [0.1, 0.15) is 30.4 Å². The standard InChI is InChI=1S/C16H17F3N2O2/c17-16(18,19)13-4-2-1-3-10(13)7-14(22)20-11-8-15(23)21(9-11)12-5-6-12/h1-4,11-12H,5-9H2,(H,20,22). The predicted molar refractivity (Wildman–Crippen MR) is 76.4 cm³/mol. The molecule has 2 aliphatic rings. The normalized spacial score (nSPS) is 21.6. The zero-order chi connectivity index (χ0) is 16.6. The molecule has 2 amide bonds. The second kappa shape index (κ2) is 5.86. The predicted octanol–water partition coefficient (Wildman–Crippen LogP) is 2.13. The number of nitrogens with one attached hydrogen (secondary N) is 1. The lowest BCUT2D eigenvalue weighted by atomic mass is 10.0. The quantitative estimate of drug-likeness (QED) is 0.921. The molecule has 1 aliphatic carbocycles. The van der Waals surface area contributed by atoms with E-state index in [9.17, 15) is 22.8 Å². The highest BCUT2D eigenvalue weighted by Gasteiger charge is 2.40. The summed E-state index contributed by atoms with van der Waals surface area (Å²) in [5.41, 5.74) is -0.849. The van der Waals surface area contributed by atoms with Crippen molar-refractivity contribution in [2.75, 3.05) is 6.54 Å². The molecule has 7 heteroatoms. The summed E-state index contributed by atoms with van der Waals surface area (Å²) < 4.78 is 38.8. The Morgan fingerprint density at radius 1 is 1.26 bits per heavy atom. The summed E-state index contributed by atoms with van der Waals surface area (Å²) in [6, 6.07) is 5.03. The Hall–Kier alpha value is -2.05. The van der Waals surface area contributed by atoms with Crippen LogP contribution in [0.3, 0.4) is 0 Å². The third-order valence-corrected chi connectivity index (χ3v) is 4.18. The summed E-state index contributed by atoms with van der Waals surface area (Å²) in [6.45, 7) is 0.455. The van der Waals surface area contributed by atoms with Crippen LogP contribution in [0.15, 0.2) is 24.3 Å². The Morgan fingerprint density at radius 2 is 1.96 bits per heavy atom. The fourth-order valence-electron chi connectivity index (χ4n) is 2.97. The van der Waals surface area contributed by atoms with Crippen molar-refractivity contribution in [3.8, 4) is 0 Å². The first kappa shape index (κ1) is 15.8. The van der Waals surface area contributed by atoms with Crippen LogP contribution in [-0.2, 0) is 22.2 Å². The van der Waals surface area contributed by atoms with E-state index in [1.54, 1.807) is 4.90 Å². The SMILES string of the molecule is O=C(Cc1ccccc1C(F)(F)F)NC1CC(=O)N(C2CC2)C1. The molecule has 0 aromatic heterocycles. The van der Waals surface area contributed by atoms with Gasteiger partial charge < -0.3 is 10.2 Å². The van der Waals surface area contributed by atoms with Crippen molar-refractivity contribution in [1.82, 2.24) is 10.2 Å². The molecule has 3 rings (SSSR count). The van der Waals surface area contributed by atoms with Crippen LogP contribution in [0.25, 0.3) is 0 Å². The van der Waals surface area contributed by atoms with E-state index >= 15 is 0 Å². The number of likely N-dealkylation sites (tertiary alicyclic amines) is 1. The number of alkyl halides is 3. The van der Waals surface area contributed by atoms with Gasteiger partial charge in [0, 0.05) is 19.0 Å². The fourth-order valence-corrected chi connectivity index (χ4v) is 2.97. The third kappa shape index (κ3) is 3.65. The molecule has 2 fully saturated rings. The Balaban J connectivity index is 1.61. The summed E-state index contributed by atoms with van der Waals surface area (Å²) in [6.07, 6.45) is -2.62. The maximum absolute atomic E-state index is 12.9. The van der Waals surface area contributed by atoms with Gasteiger partial charge in [0.05, 0.1) is 18.0 Å². The van der Waals surface area contributed by atoms with Gasteiger partial charge in [-0.25, -0.2) is 0 Å². The summed E-state index contributed by atoms with van der Waals surface area (Å²) in [4.78, 5) is 25.6. The van der Waals surface area contributed by atoms with Crippen LogP contribution in [0.2, 0.25) is 0 Å². The van der Waals surface area contributed by atoms with Crippen LogP contribution >= 0.6 is 0 Å². The average molecular weight is 326 g/mol. The number of carbonyl (C=O) groups excluding carboxylic acids is 2. The largest absolute Gasteiger partial charge is 0.416 e. The van der Waals surface area contributed by atoms with E-state index in [1.165, 1.54) is 18.2 Å². The van der Waals surface area contributed by atoms with E-state index in [2.05, 4.69) is 5.32 Å². The molecule has 1 aromatic rings. The van der Waals surface area contributed by atoms with Crippen molar-refractivity contribution in [2.45, 2.75) is 43.9 Å². The summed E-state index contributed by atoms with van der Waals surface area (Å²) >= 11 is 0. The van der Waals surface area contributed by atoms with Crippen LogP contribution < -0.4 is 5.32 Å². The molecule has 0 radical (unpaired) electrons. The van der Waals surface area contributed by atoms with Crippen molar-refractivity contribution >= 4 is 11.8 Å². The molecule has 124 valence electrons. The van der Waals surface area contributed by atoms with Crippen LogP contribution in [0.5, 0.6) is 0 Å². The number of hydrogen-bond donors (Lipinski definition) is 1. The van der Waals surface area contributed by atoms with Crippen molar-refractivity contribution < 1.29 is 22.8 Å². The van der Waals surface area contributed by atoms with E-state index in [-0.39, 0.29) is 36.4 Å². The number of benzene rings is 1. The smallest absolute Gasteiger partial charge is 0.351 e. The number of hydrogen-bond acceptors (Lipinski definition) is 2. The van der Waals surface area contributed by atoms with Gasteiger partial charge in [-0.1, -0.05) is 18.2 Å². The number of carbonyl (C=O) groups is 2. The minimum Gasteiger partial charge on any atom is -0.351 e. The van der Waals surface area contributed by atoms with Gasteiger partial charge in [-0.2, -0.15) is 13.2 Å². The first-order valence-corrected chi connectivity index (χ1v) is 7.58.